The molecular weight excluding hydrogens is 497 g/mol. The predicted molar refractivity (Wildman–Crippen MR) is 150 cm³/mol. The van der Waals surface area contributed by atoms with Crippen molar-refractivity contribution in [2.75, 3.05) is 18.1 Å². The highest BCUT2D eigenvalue weighted by atomic mass is 19.1. The highest BCUT2D eigenvalue weighted by Crippen LogP contribution is 2.39. The first kappa shape index (κ1) is 30.0. The van der Waals surface area contributed by atoms with Gasteiger partial charge in [0.1, 0.15) is 11.9 Å². The van der Waals surface area contributed by atoms with Gasteiger partial charge < -0.3 is 19.8 Å². The van der Waals surface area contributed by atoms with Crippen molar-refractivity contribution in [2.24, 2.45) is 0 Å². The van der Waals surface area contributed by atoms with Gasteiger partial charge in [0.25, 0.3) is 0 Å². The number of hydrogen-bond donors (Lipinski definition) is 2. The number of β-lactam (4-membered cyclic amide) rings is 1. The second kappa shape index (κ2) is 15.1. The lowest BCUT2D eigenvalue weighted by Crippen LogP contribution is -2.46. The van der Waals surface area contributed by atoms with E-state index >= 15 is 0 Å². The van der Waals surface area contributed by atoms with E-state index in [0.717, 1.165) is 42.5 Å². The lowest BCUT2D eigenvalue weighted by molar-refractivity contribution is -0.146. The van der Waals surface area contributed by atoms with Crippen LogP contribution in [0.1, 0.15) is 73.9 Å². The van der Waals surface area contributed by atoms with Crippen LogP contribution in [0.4, 0.5) is 10.1 Å². The maximum absolute atomic E-state index is 12.6. The summed E-state index contributed by atoms with van der Waals surface area (Å²) in [6, 6.07) is 22.5. The number of ether oxygens (including phenoxy) is 1. The largest absolute Gasteiger partial charge is 0.458 e. The lowest BCUT2D eigenvalue weighted by atomic mass is 9.91. The van der Waals surface area contributed by atoms with Crippen LogP contribution in [0.2, 0.25) is 0 Å². The van der Waals surface area contributed by atoms with Gasteiger partial charge in [-0.15, -0.1) is 0 Å². The zero-order valence-corrected chi connectivity index (χ0v) is 22.7. The van der Waals surface area contributed by atoms with Crippen molar-refractivity contribution in [2.45, 2.75) is 64.5 Å². The summed E-state index contributed by atoms with van der Waals surface area (Å²) in [5, 5.41) is 17.8. The molecule has 1 amide bonds. The molecule has 0 saturated carbocycles. The molecule has 0 aliphatic carbocycles. The van der Waals surface area contributed by atoms with Gasteiger partial charge in [-0.1, -0.05) is 55.5 Å². The average Bonchev–Trinajstić information content (AvgIpc) is 2.94. The molecule has 1 aliphatic rings. The fourth-order valence-electron chi connectivity index (χ4n) is 4.57. The van der Waals surface area contributed by atoms with Gasteiger partial charge in [-0.2, -0.15) is 0 Å². The summed E-state index contributed by atoms with van der Waals surface area (Å²) in [4.78, 5) is 24.8. The molecule has 2 N–H and O–H groups in total. The summed E-state index contributed by atoms with van der Waals surface area (Å²) in [5.41, 5.74) is 5.29. The number of amides is 1. The molecule has 208 valence electrons. The van der Waals surface area contributed by atoms with E-state index in [2.05, 4.69) is 24.3 Å². The molecule has 7 heteroatoms. The molecule has 2 atom stereocenters. The molecule has 3 aromatic carbocycles. The minimum Gasteiger partial charge on any atom is -0.458 e. The van der Waals surface area contributed by atoms with Crippen molar-refractivity contribution in [1.29, 1.82) is 0 Å². The Hall–Kier alpha value is -3.55. The second-order valence-corrected chi connectivity index (χ2v) is 9.60. The van der Waals surface area contributed by atoms with Gasteiger partial charge in [0, 0.05) is 25.8 Å². The molecule has 0 aromatic heterocycles. The smallest absolute Gasteiger partial charge is 0.303 e. The third-order valence-corrected chi connectivity index (χ3v) is 6.70. The van der Waals surface area contributed by atoms with Crippen molar-refractivity contribution in [3.05, 3.63) is 101 Å². The van der Waals surface area contributed by atoms with E-state index in [4.69, 9.17) is 14.9 Å². The number of nitrogens with zero attached hydrogens (tertiary/aromatic N) is 1. The Morgan fingerprint density at radius 2 is 1.46 bits per heavy atom. The van der Waals surface area contributed by atoms with Crippen molar-refractivity contribution in [3.8, 4) is 0 Å². The molecule has 0 bridgehead atoms. The van der Waals surface area contributed by atoms with Gasteiger partial charge in [0.05, 0.1) is 12.5 Å². The van der Waals surface area contributed by atoms with Gasteiger partial charge in [-0.3, -0.25) is 9.59 Å². The number of aliphatic hydroxyl groups is 2. The van der Waals surface area contributed by atoms with Crippen LogP contribution in [0.15, 0.2) is 72.8 Å². The molecule has 39 heavy (non-hydrogen) atoms. The van der Waals surface area contributed by atoms with Gasteiger partial charge in [-0.05, 0) is 78.6 Å². The molecule has 1 saturated heterocycles. The normalized spacial score (nSPS) is 15.2. The number of carbonyl (C=O) groups excluding carboxylic acids is 2. The summed E-state index contributed by atoms with van der Waals surface area (Å²) < 4.78 is 17.7. The first-order valence-electron chi connectivity index (χ1n) is 13.5. The lowest BCUT2D eigenvalue weighted by Gasteiger charge is -2.41. The quantitative estimate of drug-likeness (QED) is 0.237. The number of aliphatic hydroxyl groups excluding tert-OH is 2. The molecule has 4 rings (SSSR count). The van der Waals surface area contributed by atoms with Crippen molar-refractivity contribution in [1.82, 2.24) is 0 Å². The predicted octanol–water partition coefficient (Wildman–Crippen LogP) is 5.85. The summed E-state index contributed by atoms with van der Waals surface area (Å²) in [5.74, 6) is -0.454. The van der Waals surface area contributed by atoms with Crippen LogP contribution in [0, 0.1) is 5.82 Å². The van der Waals surface area contributed by atoms with Crippen LogP contribution < -0.4 is 4.90 Å². The maximum atomic E-state index is 12.6. The van der Waals surface area contributed by atoms with Crippen LogP contribution in [0.25, 0.3) is 0 Å². The summed E-state index contributed by atoms with van der Waals surface area (Å²) in [6.07, 6.45) is 4.22. The van der Waals surface area contributed by atoms with Gasteiger partial charge >= 0.3 is 5.97 Å². The number of benzene rings is 3. The third kappa shape index (κ3) is 8.73. The van der Waals surface area contributed by atoms with E-state index in [0.29, 0.717) is 12.8 Å². The van der Waals surface area contributed by atoms with Crippen LogP contribution in [-0.2, 0) is 27.2 Å². The van der Waals surface area contributed by atoms with Crippen LogP contribution >= 0.6 is 0 Å². The van der Waals surface area contributed by atoms with E-state index in [1.165, 1.54) is 30.2 Å². The van der Waals surface area contributed by atoms with Crippen LogP contribution in [0.5, 0.6) is 0 Å². The number of hydrogen-bond acceptors (Lipinski definition) is 5. The molecular formula is C32H38FNO5. The number of aryl methyl sites for hydroxylation is 2. The topological polar surface area (TPSA) is 87.1 Å². The zero-order valence-electron chi connectivity index (χ0n) is 22.7. The van der Waals surface area contributed by atoms with E-state index in [1.807, 2.05) is 36.1 Å². The number of rotatable bonds is 11. The number of anilines is 1. The minimum absolute atomic E-state index is 0.0997. The Morgan fingerprint density at radius 1 is 0.923 bits per heavy atom. The summed E-state index contributed by atoms with van der Waals surface area (Å²) in [6.45, 7) is 3.69. The van der Waals surface area contributed by atoms with Gasteiger partial charge in [0.15, 0.2) is 0 Å². The van der Waals surface area contributed by atoms with E-state index in [-0.39, 0.29) is 43.1 Å². The molecule has 3 aromatic rings. The molecule has 1 heterocycles. The van der Waals surface area contributed by atoms with E-state index in [9.17, 15) is 14.0 Å². The first-order chi connectivity index (χ1) is 18.9. The monoisotopic (exact) mass is 535 g/mol. The fraction of sp³-hybridized carbons (Fsp3) is 0.375. The van der Waals surface area contributed by atoms with Gasteiger partial charge in [0.2, 0.25) is 5.91 Å². The van der Waals surface area contributed by atoms with Gasteiger partial charge in [-0.25, -0.2) is 4.39 Å². The number of halogens is 1. The third-order valence-electron chi connectivity index (χ3n) is 6.70. The Balaban J connectivity index is 0.000000255. The molecule has 0 spiro atoms. The van der Waals surface area contributed by atoms with E-state index < -0.39 is 0 Å². The van der Waals surface area contributed by atoms with E-state index in [1.54, 1.807) is 12.1 Å². The SMILES string of the molecule is CCC(OC(C)=O)c1ccc(F)cc1.O=C1CC(c2ccc(CCCO)cc2)N1c1ccc(CCCO)cc1. The second-order valence-electron chi connectivity index (χ2n) is 9.60. The van der Waals surface area contributed by atoms with Crippen LogP contribution in [-0.4, -0.2) is 35.3 Å². The minimum atomic E-state index is -0.318. The Labute approximate surface area is 230 Å². The number of carbonyl (C=O) groups is 2. The van der Waals surface area contributed by atoms with Crippen molar-refractivity contribution < 1.29 is 28.9 Å². The Kier molecular flexibility index (Phi) is 11.6. The molecule has 2 unspecified atom stereocenters. The summed E-state index contributed by atoms with van der Waals surface area (Å²) in [7, 11) is 0. The highest BCUT2D eigenvalue weighted by molar-refractivity contribution is 6.01. The zero-order chi connectivity index (χ0) is 28.2. The molecule has 1 fully saturated rings. The molecule has 0 radical (unpaired) electrons. The molecule has 1 aliphatic heterocycles. The highest BCUT2D eigenvalue weighted by Gasteiger charge is 2.38. The Bertz CT molecular complexity index is 1180. The molecule has 6 nitrogen and oxygen atoms in total. The maximum Gasteiger partial charge on any atom is 0.303 e. The standard InChI is InChI=1S/C21H25NO3.C11H13FO2/c23-13-1-3-16-5-9-18(10-6-16)20-15-21(25)22(20)19-11-7-17(8-12-19)4-2-14-24;1-3-11(14-8(2)13)9-4-6-10(12)7-5-9/h5-12,20,23-24H,1-4,13-15H2;4-7,11H,3H2,1-2H3. The van der Waals surface area contributed by atoms with Crippen molar-refractivity contribution in [3.63, 3.8) is 0 Å². The fourth-order valence-corrected chi connectivity index (χ4v) is 4.57. The van der Waals surface area contributed by atoms with Crippen LogP contribution in [0.3, 0.4) is 0 Å². The van der Waals surface area contributed by atoms with Crippen molar-refractivity contribution >= 4 is 17.6 Å². The Morgan fingerprint density at radius 3 is 1.92 bits per heavy atom. The first-order valence-corrected chi connectivity index (χ1v) is 13.5. The average molecular weight is 536 g/mol. The summed E-state index contributed by atoms with van der Waals surface area (Å²) >= 11 is 0. The number of esters is 1.